The van der Waals surface area contributed by atoms with Gasteiger partial charge in [0.2, 0.25) is 5.95 Å². The summed E-state index contributed by atoms with van der Waals surface area (Å²) in [7, 11) is 1.93. The Hall–Kier alpha value is -3.85. The van der Waals surface area contributed by atoms with Crippen LogP contribution in [0.3, 0.4) is 0 Å². The molecule has 5 aromatic rings. The van der Waals surface area contributed by atoms with Crippen LogP contribution in [0.1, 0.15) is 0 Å². The van der Waals surface area contributed by atoms with E-state index in [1.54, 1.807) is 11.8 Å². The molecule has 0 unspecified atom stereocenters. The standard InChI is InChI=1S/C25H24N8S/c1-30-17-20(13-28-30)19-7-8-23-24(16-29-33(23)18-19)31-9-11-32(12-10-31)25-26-14-22(15-27-25)34-21-5-3-2-4-6-21/h2-8,13-18H,9-12H2,1H3. The molecule has 6 rings (SSSR count). The van der Waals surface area contributed by atoms with Gasteiger partial charge in [-0.3, -0.25) is 4.68 Å². The van der Waals surface area contributed by atoms with Crippen LogP contribution in [0, 0.1) is 0 Å². The number of hydrogen-bond acceptors (Lipinski definition) is 7. The summed E-state index contributed by atoms with van der Waals surface area (Å²) in [5.41, 5.74) is 4.46. The third-order valence-electron chi connectivity index (χ3n) is 6.03. The van der Waals surface area contributed by atoms with Gasteiger partial charge in [0.05, 0.1) is 23.6 Å². The minimum Gasteiger partial charge on any atom is -0.365 e. The maximum absolute atomic E-state index is 4.63. The number of piperazine rings is 1. The Labute approximate surface area is 201 Å². The molecule has 0 radical (unpaired) electrons. The third kappa shape index (κ3) is 4.10. The molecular formula is C25H24N8S. The molecule has 0 amide bonds. The fourth-order valence-electron chi connectivity index (χ4n) is 4.25. The van der Waals surface area contributed by atoms with Crippen molar-refractivity contribution < 1.29 is 0 Å². The predicted molar refractivity (Wildman–Crippen MR) is 134 cm³/mol. The average molecular weight is 469 g/mol. The smallest absolute Gasteiger partial charge is 0.225 e. The Kier molecular flexibility index (Phi) is 5.38. The first-order valence-electron chi connectivity index (χ1n) is 11.2. The van der Waals surface area contributed by atoms with Crippen LogP contribution >= 0.6 is 11.8 Å². The van der Waals surface area contributed by atoms with Crippen LogP contribution in [0.25, 0.3) is 16.6 Å². The second kappa shape index (κ2) is 8.83. The van der Waals surface area contributed by atoms with Gasteiger partial charge in [0.15, 0.2) is 0 Å². The van der Waals surface area contributed by atoms with Gasteiger partial charge in [-0.1, -0.05) is 36.0 Å². The normalized spacial score (nSPS) is 14.1. The number of nitrogens with zero attached hydrogens (tertiary/aromatic N) is 8. The molecule has 1 saturated heterocycles. The van der Waals surface area contributed by atoms with Crippen LogP contribution in [0.5, 0.6) is 0 Å². The number of benzene rings is 1. The zero-order valence-corrected chi connectivity index (χ0v) is 19.6. The maximum Gasteiger partial charge on any atom is 0.225 e. The molecule has 0 atom stereocenters. The Morgan fingerprint density at radius 1 is 0.706 bits per heavy atom. The largest absolute Gasteiger partial charge is 0.365 e. The number of rotatable bonds is 5. The number of hydrogen-bond donors (Lipinski definition) is 0. The van der Waals surface area contributed by atoms with Crippen molar-refractivity contribution in [2.24, 2.45) is 7.05 Å². The van der Waals surface area contributed by atoms with Gasteiger partial charge in [-0.05, 0) is 18.2 Å². The quantitative estimate of drug-likeness (QED) is 0.386. The lowest BCUT2D eigenvalue weighted by Gasteiger charge is -2.35. The summed E-state index contributed by atoms with van der Waals surface area (Å²) in [6.07, 6.45) is 11.7. The predicted octanol–water partition coefficient (Wildman–Crippen LogP) is 4.00. The van der Waals surface area contributed by atoms with E-state index in [1.165, 1.54) is 4.90 Å². The fourth-order valence-corrected chi connectivity index (χ4v) is 5.03. The monoisotopic (exact) mass is 468 g/mol. The molecule has 34 heavy (non-hydrogen) atoms. The van der Waals surface area contributed by atoms with Gasteiger partial charge in [0.25, 0.3) is 0 Å². The zero-order valence-electron chi connectivity index (χ0n) is 18.8. The summed E-state index contributed by atoms with van der Waals surface area (Å²) in [6.45, 7) is 3.54. The van der Waals surface area contributed by atoms with Gasteiger partial charge >= 0.3 is 0 Å². The number of aryl methyl sites for hydroxylation is 1. The second-order valence-corrected chi connectivity index (χ2v) is 9.43. The highest BCUT2D eigenvalue weighted by Crippen LogP contribution is 2.28. The number of fused-ring (bicyclic) bond motifs is 1. The van der Waals surface area contributed by atoms with Gasteiger partial charge in [-0.25, -0.2) is 14.5 Å². The van der Waals surface area contributed by atoms with Gasteiger partial charge in [-0.15, -0.1) is 0 Å². The lowest BCUT2D eigenvalue weighted by Crippen LogP contribution is -2.47. The molecule has 0 aliphatic carbocycles. The van der Waals surface area contributed by atoms with Crippen molar-refractivity contribution in [2.45, 2.75) is 9.79 Å². The van der Waals surface area contributed by atoms with Crippen LogP contribution in [-0.2, 0) is 7.05 Å². The summed E-state index contributed by atoms with van der Waals surface area (Å²) in [4.78, 5) is 16.1. The third-order valence-corrected chi connectivity index (χ3v) is 6.99. The van der Waals surface area contributed by atoms with Crippen LogP contribution in [0.2, 0.25) is 0 Å². The van der Waals surface area contributed by atoms with Crippen molar-refractivity contribution in [3.8, 4) is 11.1 Å². The van der Waals surface area contributed by atoms with Crippen molar-refractivity contribution in [1.29, 1.82) is 0 Å². The summed E-state index contributed by atoms with van der Waals surface area (Å²) in [5, 5.41) is 8.89. The van der Waals surface area contributed by atoms with Crippen molar-refractivity contribution >= 4 is 28.9 Å². The SMILES string of the molecule is Cn1cc(-c2ccc3c(N4CCN(c5ncc(Sc6ccccc6)cn5)CC4)cnn3c2)cn1. The fraction of sp³-hybridized carbons (Fsp3) is 0.200. The minimum absolute atomic E-state index is 0.790. The second-order valence-electron chi connectivity index (χ2n) is 8.29. The van der Waals surface area contributed by atoms with E-state index in [0.717, 1.165) is 59.4 Å². The molecule has 8 nitrogen and oxygen atoms in total. The maximum atomic E-state index is 4.63. The van der Waals surface area contributed by atoms with Crippen molar-refractivity contribution in [3.63, 3.8) is 0 Å². The average Bonchev–Trinajstić information content (AvgIpc) is 3.51. The van der Waals surface area contributed by atoms with Crippen LogP contribution in [0.15, 0.2) is 89.4 Å². The first-order valence-corrected chi connectivity index (χ1v) is 12.1. The van der Waals surface area contributed by atoms with Crippen LogP contribution < -0.4 is 9.80 Å². The molecular weight excluding hydrogens is 444 g/mol. The number of anilines is 2. The van der Waals surface area contributed by atoms with E-state index >= 15 is 0 Å². The van der Waals surface area contributed by atoms with E-state index < -0.39 is 0 Å². The molecule has 0 saturated carbocycles. The van der Waals surface area contributed by atoms with E-state index in [4.69, 9.17) is 0 Å². The summed E-state index contributed by atoms with van der Waals surface area (Å²) >= 11 is 1.68. The molecule has 1 aliphatic rings. The minimum atomic E-state index is 0.790. The molecule has 1 aliphatic heterocycles. The molecule has 9 heteroatoms. The van der Waals surface area contributed by atoms with Crippen molar-refractivity contribution in [3.05, 3.63) is 79.6 Å². The van der Waals surface area contributed by atoms with Crippen molar-refractivity contribution in [2.75, 3.05) is 36.0 Å². The summed E-state index contributed by atoms with van der Waals surface area (Å²) in [6, 6.07) is 14.6. The molecule has 170 valence electrons. The Morgan fingerprint density at radius 2 is 1.47 bits per heavy atom. The van der Waals surface area contributed by atoms with Crippen molar-refractivity contribution in [1.82, 2.24) is 29.4 Å². The first-order chi connectivity index (χ1) is 16.7. The molecule has 0 spiro atoms. The summed E-state index contributed by atoms with van der Waals surface area (Å²) < 4.78 is 3.77. The lowest BCUT2D eigenvalue weighted by molar-refractivity contribution is 0.640. The van der Waals surface area contributed by atoms with Gasteiger partial charge in [0.1, 0.15) is 0 Å². The Morgan fingerprint density at radius 3 is 2.21 bits per heavy atom. The molecule has 4 aromatic heterocycles. The van der Waals surface area contributed by atoms with Crippen LogP contribution in [0.4, 0.5) is 11.6 Å². The van der Waals surface area contributed by atoms with Gasteiger partial charge in [-0.2, -0.15) is 10.2 Å². The van der Waals surface area contributed by atoms with Gasteiger partial charge in [0, 0.05) is 78.9 Å². The molecule has 1 aromatic carbocycles. The van der Waals surface area contributed by atoms with Crippen LogP contribution in [-0.4, -0.2) is 55.5 Å². The topological polar surface area (TPSA) is 67.4 Å². The molecule has 0 bridgehead atoms. The number of aromatic nitrogens is 6. The highest BCUT2D eigenvalue weighted by Gasteiger charge is 2.21. The Balaban J connectivity index is 1.12. The van der Waals surface area contributed by atoms with Gasteiger partial charge < -0.3 is 9.80 Å². The van der Waals surface area contributed by atoms with E-state index in [1.807, 2.05) is 65.4 Å². The first kappa shape index (κ1) is 20.7. The zero-order chi connectivity index (χ0) is 22.9. The van der Waals surface area contributed by atoms with E-state index in [2.05, 4.69) is 60.4 Å². The highest BCUT2D eigenvalue weighted by atomic mass is 32.2. The van der Waals surface area contributed by atoms with E-state index in [9.17, 15) is 0 Å². The molecule has 5 heterocycles. The molecule has 0 N–H and O–H groups in total. The Bertz CT molecular complexity index is 1400. The highest BCUT2D eigenvalue weighted by molar-refractivity contribution is 7.99. The summed E-state index contributed by atoms with van der Waals surface area (Å²) in [5.74, 6) is 0.790. The number of pyridine rings is 1. The van der Waals surface area contributed by atoms with E-state index in [-0.39, 0.29) is 0 Å². The molecule has 1 fully saturated rings. The van der Waals surface area contributed by atoms with E-state index in [0.29, 0.717) is 0 Å². The lowest BCUT2D eigenvalue weighted by atomic mass is 10.1.